The molecule has 0 N–H and O–H groups in total. The van der Waals surface area contributed by atoms with Crippen LogP contribution in [0.1, 0.15) is 33.4 Å². The Kier molecular flexibility index (Phi) is 5.14. The second kappa shape index (κ2) is 7.61. The Balaban J connectivity index is 1.77. The molecule has 1 aliphatic rings. The van der Waals surface area contributed by atoms with Crippen molar-refractivity contribution in [1.29, 1.82) is 0 Å². The number of nitrogens with zero attached hydrogens (tertiary/aromatic N) is 6. The zero-order chi connectivity index (χ0) is 20.7. The second-order valence-corrected chi connectivity index (χ2v) is 8.04. The van der Waals surface area contributed by atoms with Gasteiger partial charge in [-0.05, 0) is 45.6 Å². The van der Waals surface area contributed by atoms with Crippen molar-refractivity contribution >= 4 is 11.6 Å². The molecule has 0 aliphatic carbocycles. The summed E-state index contributed by atoms with van der Waals surface area (Å²) in [4.78, 5) is 22.4. The predicted octanol–water partition coefficient (Wildman–Crippen LogP) is 1.83. The first-order valence-corrected chi connectivity index (χ1v) is 9.86. The van der Waals surface area contributed by atoms with Crippen molar-refractivity contribution in [3.63, 3.8) is 0 Å². The van der Waals surface area contributed by atoms with E-state index in [0.717, 1.165) is 22.5 Å². The van der Waals surface area contributed by atoms with E-state index < -0.39 is 0 Å². The molecule has 1 saturated heterocycles. The summed E-state index contributed by atoms with van der Waals surface area (Å²) in [5.41, 5.74) is 4.24. The maximum atomic E-state index is 13.8. The van der Waals surface area contributed by atoms with Gasteiger partial charge in [-0.15, -0.1) is 0 Å². The first kappa shape index (κ1) is 19.6. The molecule has 4 rings (SSSR count). The van der Waals surface area contributed by atoms with Crippen molar-refractivity contribution in [1.82, 2.24) is 29.0 Å². The minimum atomic E-state index is -0.206. The Labute approximate surface area is 170 Å². The number of ether oxygens (including phenoxy) is 1. The average Bonchev–Trinajstić information content (AvgIpc) is 3.22. The highest BCUT2D eigenvalue weighted by Crippen LogP contribution is 2.32. The largest absolute Gasteiger partial charge is 0.373 e. The van der Waals surface area contributed by atoms with Crippen molar-refractivity contribution in [3.05, 3.63) is 53.2 Å². The number of imidazole rings is 1. The number of pyridine rings is 1. The molecule has 0 bridgehead atoms. The fourth-order valence-electron chi connectivity index (χ4n) is 4.12. The van der Waals surface area contributed by atoms with Crippen molar-refractivity contribution in [3.8, 4) is 0 Å². The molecule has 154 valence electrons. The van der Waals surface area contributed by atoms with E-state index >= 15 is 0 Å². The number of rotatable bonds is 4. The van der Waals surface area contributed by atoms with E-state index in [1.807, 2.05) is 75.0 Å². The number of likely N-dealkylation sites (N-methyl/N-ethyl adjacent to an activating group) is 1. The number of carbonyl (C=O) groups is 1. The zero-order valence-electron chi connectivity index (χ0n) is 17.7. The number of carbonyl (C=O) groups excluding carboxylic acids is 1. The van der Waals surface area contributed by atoms with Crippen LogP contribution in [0, 0.1) is 13.8 Å². The standard InChI is InChI=1S/C21H28N6O2/c1-14-6-7-26-18(10-14)23-15(2)19(26)21(28)27-8-9-29-17(13-24(3)4)20(27)16-11-22-25(5)12-16/h6-7,10-12,17,20H,8-9,13H2,1-5H3/t17-,20-/m0/s1. The minimum Gasteiger partial charge on any atom is -0.373 e. The van der Waals surface area contributed by atoms with Gasteiger partial charge in [-0.2, -0.15) is 5.10 Å². The number of morpholine rings is 1. The van der Waals surface area contributed by atoms with Crippen LogP contribution >= 0.6 is 0 Å². The summed E-state index contributed by atoms with van der Waals surface area (Å²) in [7, 11) is 5.92. The molecule has 0 saturated carbocycles. The Hall–Kier alpha value is -2.71. The summed E-state index contributed by atoms with van der Waals surface area (Å²) < 4.78 is 9.76. The third-order valence-corrected chi connectivity index (χ3v) is 5.38. The van der Waals surface area contributed by atoms with Gasteiger partial charge in [-0.25, -0.2) is 4.98 Å². The van der Waals surface area contributed by atoms with E-state index in [-0.39, 0.29) is 18.1 Å². The van der Waals surface area contributed by atoms with Gasteiger partial charge in [-0.1, -0.05) is 0 Å². The second-order valence-electron chi connectivity index (χ2n) is 8.04. The number of aryl methyl sites for hydroxylation is 3. The highest BCUT2D eigenvalue weighted by Gasteiger charge is 2.39. The lowest BCUT2D eigenvalue weighted by molar-refractivity contribution is -0.0686. The first-order chi connectivity index (χ1) is 13.8. The maximum Gasteiger partial charge on any atom is 0.273 e. The van der Waals surface area contributed by atoms with Crippen LogP contribution in [-0.4, -0.2) is 74.8 Å². The van der Waals surface area contributed by atoms with Crippen molar-refractivity contribution in [2.24, 2.45) is 7.05 Å². The lowest BCUT2D eigenvalue weighted by Gasteiger charge is -2.41. The van der Waals surface area contributed by atoms with E-state index in [4.69, 9.17) is 4.74 Å². The van der Waals surface area contributed by atoms with Crippen LogP contribution in [0.15, 0.2) is 30.7 Å². The molecule has 1 amide bonds. The van der Waals surface area contributed by atoms with Crippen LogP contribution < -0.4 is 0 Å². The minimum absolute atomic E-state index is 0.0280. The van der Waals surface area contributed by atoms with E-state index in [0.29, 0.717) is 25.4 Å². The fraction of sp³-hybridized carbons (Fsp3) is 0.476. The molecular weight excluding hydrogens is 368 g/mol. The Morgan fingerprint density at radius 1 is 1.34 bits per heavy atom. The molecule has 3 aromatic heterocycles. The van der Waals surface area contributed by atoms with Gasteiger partial charge in [0.05, 0.1) is 30.6 Å². The first-order valence-electron chi connectivity index (χ1n) is 9.86. The monoisotopic (exact) mass is 396 g/mol. The Morgan fingerprint density at radius 2 is 2.14 bits per heavy atom. The number of fused-ring (bicyclic) bond motifs is 1. The molecule has 2 atom stereocenters. The van der Waals surface area contributed by atoms with Gasteiger partial charge in [0, 0.05) is 38.1 Å². The summed E-state index contributed by atoms with van der Waals surface area (Å²) in [5, 5.41) is 4.33. The lowest BCUT2D eigenvalue weighted by Crippen LogP contribution is -2.51. The van der Waals surface area contributed by atoms with Crippen molar-refractivity contribution in [2.75, 3.05) is 33.8 Å². The summed E-state index contributed by atoms with van der Waals surface area (Å²) >= 11 is 0. The number of amides is 1. The normalized spacial score (nSPS) is 20.0. The van der Waals surface area contributed by atoms with Gasteiger partial charge in [0.2, 0.25) is 0 Å². The predicted molar refractivity (Wildman–Crippen MR) is 110 cm³/mol. The van der Waals surface area contributed by atoms with Gasteiger partial charge >= 0.3 is 0 Å². The topological polar surface area (TPSA) is 67.9 Å². The summed E-state index contributed by atoms with van der Waals surface area (Å²) in [6, 6.07) is 3.79. The Bertz CT molecular complexity index is 1040. The third-order valence-electron chi connectivity index (χ3n) is 5.38. The molecule has 0 radical (unpaired) electrons. The smallest absolute Gasteiger partial charge is 0.273 e. The van der Waals surface area contributed by atoms with Crippen LogP contribution in [0.2, 0.25) is 0 Å². The SMILES string of the molecule is Cc1ccn2c(C(=O)N3CCO[C@@H](CN(C)C)[C@@H]3c3cnn(C)c3)c(C)nc2c1. The number of hydrogen-bond donors (Lipinski definition) is 0. The molecule has 0 unspecified atom stereocenters. The highest BCUT2D eigenvalue weighted by atomic mass is 16.5. The molecule has 1 fully saturated rings. The van der Waals surface area contributed by atoms with Gasteiger partial charge in [0.1, 0.15) is 11.3 Å². The van der Waals surface area contributed by atoms with Gasteiger partial charge in [0.15, 0.2) is 0 Å². The van der Waals surface area contributed by atoms with Gasteiger partial charge < -0.3 is 14.5 Å². The molecule has 0 aromatic carbocycles. The maximum absolute atomic E-state index is 13.8. The lowest BCUT2D eigenvalue weighted by atomic mass is 10.00. The molecule has 1 aliphatic heterocycles. The van der Waals surface area contributed by atoms with Crippen molar-refractivity contribution in [2.45, 2.75) is 26.0 Å². The van der Waals surface area contributed by atoms with Crippen LogP contribution in [-0.2, 0) is 11.8 Å². The molecule has 8 heteroatoms. The zero-order valence-corrected chi connectivity index (χ0v) is 17.7. The summed E-state index contributed by atoms with van der Waals surface area (Å²) in [6.07, 6.45) is 5.59. The number of hydrogen-bond acceptors (Lipinski definition) is 5. The highest BCUT2D eigenvalue weighted by molar-refractivity contribution is 5.95. The van der Waals surface area contributed by atoms with Crippen LogP contribution in [0.3, 0.4) is 0 Å². The van der Waals surface area contributed by atoms with Crippen LogP contribution in [0.4, 0.5) is 0 Å². The van der Waals surface area contributed by atoms with Gasteiger partial charge in [0.25, 0.3) is 5.91 Å². The summed E-state index contributed by atoms with van der Waals surface area (Å²) in [5.74, 6) is -0.0280. The molecule has 0 spiro atoms. The van der Waals surface area contributed by atoms with Crippen LogP contribution in [0.25, 0.3) is 5.65 Å². The molecule has 29 heavy (non-hydrogen) atoms. The van der Waals surface area contributed by atoms with E-state index in [9.17, 15) is 4.79 Å². The van der Waals surface area contributed by atoms with Crippen LogP contribution in [0.5, 0.6) is 0 Å². The third kappa shape index (κ3) is 3.65. The van der Waals surface area contributed by atoms with Crippen molar-refractivity contribution < 1.29 is 9.53 Å². The molecule has 3 aromatic rings. The Morgan fingerprint density at radius 3 is 2.83 bits per heavy atom. The molecular formula is C21H28N6O2. The molecule has 4 heterocycles. The van der Waals surface area contributed by atoms with E-state index in [1.54, 1.807) is 4.68 Å². The van der Waals surface area contributed by atoms with E-state index in [2.05, 4.69) is 15.0 Å². The summed E-state index contributed by atoms with van der Waals surface area (Å²) in [6.45, 7) is 5.68. The van der Waals surface area contributed by atoms with Gasteiger partial charge in [-0.3, -0.25) is 13.9 Å². The molecule has 8 nitrogen and oxygen atoms in total. The number of aromatic nitrogens is 4. The fourth-order valence-corrected chi connectivity index (χ4v) is 4.12. The van der Waals surface area contributed by atoms with E-state index in [1.165, 1.54) is 0 Å². The average molecular weight is 396 g/mol. The quantitative estimate of drug-likeness (QED) is 0.673.